The number of piperazine rings is 1. The molecule has 2 aromatic heterocycles. The molecule has 1 aliphatic rings. The normalized spacial score (nSPS) is 14.2. The van der Waals surface area contributed by atoms with Crippen LogP contribution in [0.15, 0.2) is 36.5 Å². The lowest BCUT2D eigenvalue weighted by Crippen LogP contribution is -2.48. The molecule has 11 heteroatoms. The smallest absolute Gasteiger partial charge is 0.274 e. The first-order chi connectivity index (χ1) is 16.5. The average molecular weight is 503 g/mol. The van der Waals surface area contributed by atoms with Crippen molar-refractivity contribution in [3.63, 3.8) is 0 Å². The molecular formula is C23H24Cl2N6O3. The number of nitrogens with zero attached hydrogens (tertiary/aromatic N) is 4. The van der Waals surface area contributed by atoms with Crippen molar-refractivity contribution in [3.8, 4) is 5.75 Å². The van der Waals surface area contributed by atoms with Gasteiger partial charge in [0.1, 0.15) is 11.3 Å². The maximum atomic E-state index is 13.0. The summed E-state index contributed by atoms with van der Waals surface area (Å²) in [5, 5.41) is 17.9. The molecule has 1 fully saturated rings. The number of amides is 2. The van der Waals surface area contributed by atoms with E-state index in [1.807, 2.05) is 6.07 Å². The number of fused-ring (bicyclic) bond motifs is 1. The van der Waals surface area contributed by atoms with Crippen LogP contribution in [-0.2, 0) is 11.3 Å². The fourth-order valence-corrected chi connectivity index (χ4v) is 4.52. The third-order valence-corrected chi connectivity index (χ3v) is 6.07. The molecule has 4 rings (SSSR count). The number of nitrogens with one attached hydrogen (secondary N) is 2. The molecule has 1 aromatic carbocycles. The van der Waals surface area contributed by atoms with Crippen molar-refractivity contribution in [2.45, 2.75) is 6.54 Å². The second-order valence-electron chi connectivity index (χ2n) is 7.89. The van der Waals surface area contributed by atoms with Gasteiger partial charge in [0.2, 0.25) is 6.41 Å². The van der Waals surface area contributed by atoms with Crippen molar-refractivity contribution >= 4 is 52.2 Å². The van der Waals surface area contributed by atoms with Gasteiger partial charge in [-0.25, -0.2) is 4.98 Å². The van der Waals surface area contributed by atoms with Gasteiger partial charge in [0.25, 0.3) is 5.91 Å². The Labute approximate surface area is 206 Å². The first kappa shape index (κ1) is 24.0. The molecule has 1 saturated heterocycles. The van der Waals surface area contributed by atoms with Crippen LogP contribution in [0.1, 0.15) is 16.1 Å². The molecular weight excluding hydrogens is 479 g/mol. The topological polar surface area (TPSA) is 111 Å². The third kappa shape index (κ3) is 5.49. The summed E-state index contributed by atoms with van der Waals surface area (Å²) in [5.74, 6) is -0.192. The highest BCUT2D eigenvalue weighted by Gasteiger charge is 2.25. The van der Waals surface area contributed by atoms with Crippen LogP contribution in [0.5, 0.6) is 5.75 Å². The zero-order chi connectivity index (χ0) is 24.1. The quantitative estimate of drug-likeness (QED) is 0.320. The first-order valence-electron chi connectivity index (χ1n) is 10.8. The highest BCUT2D eigenvalue weighted by Crippen LogP contribution is 2.33. The van der Waals surface area contributed by atoms with Gasteiger partial charge in [0, 0.05) is 67.4 Å². The van der Waals surface area contributed by atoms with Crippen LogP contribution in [-0.4, -0.2) is 71.6 Å². The van der Waals surface area contributed by atoms with E-state index < -0.39 is 5.91 Å². The van der Waals surface area contributed by atoms with Crippen LogP contribution in [0.4, 0.5) is 5.82 Å². The summed E-state index contributed by atoms with van der Waals surface area (Å²) < 4.78 is 0. The van der Waals surface area contributed by atoms with E-state index in [4.69, 9.17) is 23.2 Å². The summed E-state index contributed by atoms with van der Waals surface area (Å²) >= 11 is 12.1. The fraction of sp³-hybridized carbons (Fsp3) is 0.304. The zero-order valence-corrected chi connectivity index (χ0v) is 19.8. The van der Waals surface area contributed by atoms with E-state index in [1.165, 1.54) is 0 Å². The van der Waals surface area contributed by atoms with Gasteiger partial charge < -0.3 is 20.6 Å². The monoisotopic (exact) mass is 502 g/mol. The van der Waals surface area contributed by atoms with Gasteiger partial charge in [-0.15, -0.1) is 0 Å². The SMILES string of the molecule is O=CNCCN1CCN(c2nc(C(=O)NCc3cc(Cl)cc(Cl)c3)c(O)c3ncccc23)CC1. The minimum absolute atomic E-state index is 0.0908. The predicted octanol–water partition coefficient (Wildman–Crippen LogP) is 2.44. The van der Waals surface area contributed by atoms with Crippen molar-refractivity contribution in [2.75, 3.05) is 44.2 Å². The second kappa shape index (κ2) is 10.9. The molecule has 0 saturated carbocycles. The fourth-order valence-electron chi connectivity index (χ4n) is 3.95. The van der Waals surface area contributed by atoms with Gasteiger partial charge in [0.05, 0.1) is 0 Å². The number of benzene rings is 1. The Kier molecular flexibility index (Phi) is 7.66. The van der Waals surface area contributed by atoms with Gasteiger partial charge in [0.15, 0.2) is 11.4 Å². The summed E-state index contributed by atoms with van der Waals surface area (Å²) in [7, 11) is 0. The number of halogens is 2. The molecule has 0 aliphatic carbocycles. The highest BCUT2D eigenvalue weighted by molar-refractivity contribution is 6.34. The van der Waals surface area contributed by atoms with Gasteiger partial charge in [-0.05, 0) is 35.9 Å². The Bertz CT molecular complexity index is 1180. The van der Waals surface area contributed by atoms with Crippen molar-refractivity contribution in [2.24, 2.45) is 0 Å². The lowest BCUT2D eigenvalue weighted by Gasteiger charge is -2.36. The highest BCUT2D eigenvalue weighted by atomic mass is 35.5. The summed E-state index contributed by atoms with van der Waals surface area (Å²) in [6.45, 7) is 4.46. The average Bonchev–Trinajstić information content (AvgIpc) is 2.83. The van der Waals surface area contributed by atoms with Crippen molar-refractivity contribution < 1.29 is 14.7 Å². The Morgan fingerprint density at radius 2 is 1.88 bits per heavy atom. The molecule has 0 radical (unpaired) electrons. The number of aromatic hydroxyl groups is 1. The maximum absolute atomic E-state index is 13.0. The molecule has 2 amide bonds. The van der Waals surface area contributed by atoms with E-state index in [1.54, 1.807) is 30.5 Å². The van der Waals surface area contributed by atoms with Crippen LogP contribution >= 0.6 is 23.2 Å². The zero-order valence-electron chi connectivity index (χ0n) is 18.3. The number of carbonyl (C=O) groups excluding carboxylic acids is 2. The summed E-state index contributed by atoms with van der Waals surface area (Å²) in [4.78, 5) is 36.7. The van der Waals surface area contributed by atoms with Crippen molar-refractivity contribution in [1.29, 1.82) is 0 Å². The molecule has 0 unspecified atom stereocenters. The Balaban J connectivity index is 1.56. The van der Waals surface area contributed by atoms with Gasteiger partial charge in [-0.2, -0.15) is 0 Å². The molecule has 0 bridgehead atoms. The molecule has 1 aliphatic heterocycles. The number of aromatic nitrogens is 2. The van der Waals surface area contributed by atoms with E-state index >= 15 is 0 Å². The minimum atomic E-state index is -0.527. The van der Waals surface area contributed by atoms with Crippen LogP contribution in [0.25, 0.3) is 10.9 Å². The van der Waals surface area contributed by atoms with Gasteiger partial charge in [-0.1, -0.05) is 23.2 Å². The summed E-state index contributed by atoms with van der Waals surface area (Å²) in [5.41, 5.74) is 0.956. The molecule has 0 spiro atoms. The van der Waals surface area contributed by atoms with E-state index in [0.717, 1.165) is 25.2 Å². The molecule has 178 valence electrons. The number of carbonyl (C=O) groups is 2. The molecule has 0 atom stereocenters. The predicted molar refractivity (Wildman–Crippen MR) is 132 cm³/mol. The standard InChI is InChI=1S/C23H24Cl2N6O3/c24-16-10-15(11-17(25)12-16)13-28-23(34)20-21(33)19-18(2-1-3-27-19)22(29-20)31-8-6-30(7-9-31)5-4-26-14-32/h1-3,10-12,14,33H,4-9,13H2,(H,26,32)(H,28,34). The minimum Gasteiger partial charge on any atom is -0.504 e. The number of anilines is 1. The lowest BCUT2D eigenvalue weighted by molar-refractivity contribution is -0.109. The van der Waals surface area contributed by atoms with E-state index in [9.17, 15) is 14.7 Å². The summed E-state index contributed by atoms with van der Waals surface area (Å²) in [6, 6.07) is 8.63. The molecule has 3 N–H and O–H groups in total. The third-order valence-electron chi connectivity index (χ3n) is 5.63. The second-order valence-corrected chi connectivity index (χ2v) is 8.77. The maximum Gasteiger partial charge on any atom is 0.274 e. The Morgan fingerprint density at radius 1 is 1.15 bits per heavy atom. The number of rotatable bonds is 8. The van der Waals surface area contributed by atoms with Gasteiger partial charge >= 0.3 is 0 Å². The molecule has 3 aromatic rings. The molecule has 34 heavy (non-hydrogen) atoms. The molecule has 3 heterocycles. The van der Waals surface area contributed by atoms with Crippen LogP contribution in [0, 0.1) is 0 Å². The van der Waals surface area contributed by atoms with Crippen LogP contribution in [0.2, 0.25) is 10.0 Å². The van der Waals surface area contributed by atoms with E-state index in [0.29, 0.717) is 52.8 Å². The van der Waals surface area contributed by atoms with Crippen molar-refractivity contribution in [1.82, 2.24) is 25.5 Å². The first-order valence-corrected chi connectivity index (χ1v) is 11.6. The van der Waals surface area contributed by atoms with Crippen LogP contribution < -0.4 is 15.5 Å². The Morgan fingerprint density at radius 3 is 2.59 bits per heavy atom. The lowest BCUT2D eigenvalue weighted by atomic mass is 10.1. The number of hydrogen-bond acceptors (Lipinski definition) is 7. The number of hydrogen-bond donors (Lipinski definition) is 3. The van der Waals surface area contributed by atoms with Gasteiger partial charge in [-0.3, -0.25) is 19.5 Å². The summed E-state index contributed by atoms with van der Waals surface area (Å²) in [6.07, 6.45) is 2.27. The Hall–Kier alpha value is -3.14. The van der Waals surface area contributed by atoms with E-state index in [2.05, 4.69) is 30.4 Å². The molecule has 9 nitrogen and oxygen atoms in total. The van der Waals surface area contributed by atoms with Crippen LogP contribution in [0.3, 0.4) is 0 Å². The largest absolute Gasteiger partial charge is 0.504 e. The van der Waals surface area contributed by atoms with Crippen molar-refractivity contribution in [3.05, 3.63) is 57.8 Å². The number of pyridine rings is 2. The van der Waals surface area contributed by atoms with E-state index in [-0.39, 0.29) is 18.0 Å².